The van der Waals surface area contributed by atoms with E-state index in [0.717, 1.165) is 31.2 Å². The van der Waals surface area contributed by atoms with Gasteiger partial charge in [-0.25, -0.2) is 4.98 Å². The summed E-state index contributed by atoms with van der Waals surface area (Å²) in [5, 5.41) is 0. The van der Waals surface area contributed by atoms with Crippen LogP contribution < -0.4 is 5.56 Å². The molecule has 1 fully saturated rings. The van der Waals surface area contributed by atoms with Gasteiger partial charge in [-0.3, -0.25) is 4.79 Å². The van der Waals surface area contributed by atoms with Crippen LogP contribution in [0.3, 0.4) is 0 Å². The molecule has 1 aromatic carbocycles. The average Bonchev–Trinajstić information content (AvgIpc) is 2.53. The van der Waals surface area contributed by atoms with E-state index in [1.54, 1.807) is 6.92 Å². The zero-order valence-corrected chi connectivity index (χ0v) is 12.2. The number of H-pyrrole nitrogens is 1. The quantitative estimate of drug-likeness (QED) is 0.918. The normalized spacial score (nSPS) is 17.6. The van der Waals surface area contributed by atoms with Gasteiger partial charge >= 0.3 is 0 Å². The molecule has 1 heterocycles. The van der Waals surface area contributed by atoms with Gasteiger partial charge in [-0.1, -0.05) is 49.6 Å². The molecule has 3 rings (SSSR count). The standard InChI is InChI=1S/C17H19FN2O/c1-12-14(18)15(21)20-16(19-12)17(10-6-3-7-11-17)13-8-4-2-5-9-13/h2,4-5,8-9H,3,6-7,10-11H2,1H3,(H,19,20,21). The van der Waals surface area contributed by atoms with Gasteiger partial charge in [0.05, 0.1) is 11.1 Å². The van der Waals surface area contributed by atoms with Crippen LogP contribution >= 0.6 is 0 Å². The minimum absolute atomic E-state index is 0.176. The maximum Gasteiger partial charge on any atom is 0.287 e. The number of nitrogens with one attached hydrogen (secondary N) is 1. The largest absolute Gasteiger partial charge is 0.307 e. The Morgan fingerprint density at radius 3 is 2.43 bits per heavy atom. The Labute approximate surface area is 123 Å². The van der Waals surface area contributed by atoms with E-state index < -0.39 is 11.4 Å². The van der Waals surface area contributed by atoms with E-state index in [-0.39, 0.29) is 11.1 Å². The Balaban J connectivity index is 2.19. The van der Waals surface area contributed by atoms with Crippen LogP contribution in [0.25, 0.3) is 0 Å². The molecule has 0 spiro atoms. The van der Waals surface area contributed by atoms with Gasteiger partial charge in [0.1, 0.15) is 5.82 Å². The van der Waals surface area contributed by atoms with Gasteiger partial charge in [-0.05, 0) is 25.3 Å². The molecule has 0 amide bonds. The van der Waals surface area contributed by atoms with E-state index in [1.165, 1.54) is 6.42 Å². The number of nitrogens with zero attached hydrogens (tertiary/aromatic N) is 1. The molecule has 1 aromatic heterocycles. The number of hydrogen-bond donors (Lipinski definition) is 1. The second-order valence-corrected chi connectivity index (χ2v) is 5.82. The van der Waals surface area contributed by atoms with E-state index in [9.17, 15) is 9.18 Å². The molecule has 2 aromatic rings. The summed E-state index contributed by atoms with van der Waals surface area (Å²) in [5.74, 6) is -0.171. The molecule has 1 aliphatic carbocycles. The zero-order chi connectivity index (χ0) is 14.9. The summed E-state index contributed by atoms with van der Waals surface area (Å²) in [6, 6.07) is 10.1. The first-order valence-corrected chi connectivity index (χ1v) is 7.46. The maximum atomic E-state index is 13.6. The van der Waals surface area contributed by atoms with Crippen molar-refractivity contribution < 1.29 is 4.39 Å². The number of rotatable bonds is 2. The van der Waals surface area contributed by atoms with Crippen molar-refractivity contribution in [1.29, 1.82) is 0 Å². The van der Waals surface area contributed by atoms with Crippen LogP contribution in [0.5, 0.6) is 0 Å². The fourth-order valence-corrected chi connectivity index (χ4v) is 3.37. The average molecular weight is 286 g/mol. The summed E-state index contributed by atoms with van der Waals surface area (Å²) in [7, 11) is 0. The number of hydrogen-bond acceptors (Lipinski definition) is 2. The third kappa shape index (κ3) is 2.39. The Hall–Kier alpha value is -1.97. The topological polar surface area (TPSA) is 45.8 Å². The Morgan fingerprint density at radius 2 is 1.81 bits per heavy atom. The second kappa shape index (κ2) is 5.43. The van der Waals surface area contributed by atoms with Crippen molar-refractivity contribution in [2.75, 3.05) is 0 Å². The Kier molecular flexibility index (Phi) is 3.62. The molecule has 1 aliphatic rings. The number of halogens is 1. The van der Waals surface area contributed by atoms with Crippen LogP contribution in [0.2, 0.25) is 0 Å². The van der Waals surface area contributed by atoms with Crippen molar-refractivity contribution in [1.82, 2.24) is 9.97 Å². The number of aromatic nitrogens is 2. The molecule has 0 unspecified atom stereocenters. The lowest BCUT2D eigenvalue weighted by Crippen LogP contribution is -2.35. The Bertz CT molecular complexity index is 688. The fourth-order valence-electron chi connectivity index (χ4n) is 3.37. The van der Waals surface area contributed by atoms with Gasteiger partial charge < -0.3 is 4.98 Å². The first-order valence-electron chi connectivity index (χ1n) is 7.46. The maximum absolute atomic E-state index is 13.6. The summed E-state index contributed by atoms with van der Waals surface area (Å²) >= 11 is 0. The molecule has 0 bridgehead atoms. The highest BCUT2D eigenvalue weighted by Gasteiger charge is 2.38. The van der Waals surface area contributed by atoms with Gasteiger partial charge in [-0.2, -0.15) is 4.39 Å². The fraction of sp³-hybridized carbons (Fsp3) is 0.412. The van der Waals surface area contributed by atoms with Gasteiger partial charge in [0.25, 0.3) is 5.56 Å². The zero-order valence-electron chi connectivity index (χ0n) is 12.2. The van der Waals surface area contributed by atoms with Crippen LogP contribution in [0.15, 0.2) is 35.1 Å². The number of aromatic amines is 1. The molecule has 0 aliphatic heterocycles. The third-order valence-corrected chi connectivity index (χ3v) is 4.52. The van der Waals surface area contributed by atoms with E-state index in [1.807, 2.05) is 18.2 Å². The van der Waals surface area contributed by atoms with E-state index in [0.29, 0.717) is 5.82 Å². The van der Waals surface area contributed by atoms with Crippen LogP contribution in [0, 0.1) is 12.7 Å². The smallest absolute Gasteiger partial charge is 0.287 e. The van der Waals surface area contributed by atoms with E-state index in [2.05, 4.69) is 22.1 Å². The van der Waals surface area contributed by atoms with Crippen LogP contribution in [0.1, 0.15) is 49.2 Å². The van der Waals surface area contributed by atoms with Gasteiger partial charge in [0.15, 0.2) is 0 Å². The molecule has 0 radical (unpaired) electrons. The SMILES string of the molecule is Cc1nc(C2(c3ccccc3)CCCCC2)[nH]c(=O)c1F. The highest BCUT2D eigenvalue weighted by atomic mass is 19.1. The minimum Gasteiger partial charge on any atom is -0.307 e. The summed E-state index contributed by atoms with van der Waals surface area (Å²) in [5.41, 5.74) is 0.365. The van der Waals surface area contributed by atoms with Crippen molar-refractivity contribution in [2.24, 2.45) is 0 Å². The van der Waals surface area contributed by atoms with Crippen molar-refractivity contribution in [3.05, 3.63) is 63.6 Å². The lowest BCUT2D eigenvalue weighted by molar-refractivity contribution is 0.327. The van der Waals surface area contributed by atoms with Gasteiger partial charge in [-0.15, -0.1) is 0 Å². The van der Waals surface area contributed by atoms with Crippen molar-refractivity contribution in [3.63, 3.8) is 0 Å². The van der Waals surface area contributed by atoms with E-state index >= 15 is 0 Å². The number of aryl methyl sites for hydroxylation is 1. The molecule has 0 saturated heterocycles. The molecule has 3 nitrogen and oxygen atoms in total. The molecule has 1 saturated carbocycles. The minimum atomic E-state index is -0.780. The van der Waals surface area contributed by atoms with Gasteiger partial charge in [0.2, 0.25) is 5.82 Å². The predicted octanol–water partition coefficient (Wildman–Crippen LogP) is 3.47. The van der Waals surface area contributed by atoms with Crippen LogP contribution in [-0.2, 0) is 5.41 Å². The first kappa shape index (κ1) is 14.0. The molecule has 4 heteroatoms. The highest BCUT2D eigenvalue weighted by molar-refractivity contribution is 5.34. The predicted molar refractivity (Wildman–Crippen MR) is 79.9 cm³/mol. The molecule has 110 valence electrons. The summed E-state index contributed by atoms with van der Waals surface area (Å²) in [6.07, 6.45) is 5.25. The van der Waals surface area contributed by atoms with Crippen molar-refractivity contribution in [3.8, 4) is 0 Å². The first-order chi connectivity index (χ1) is 10.1. The summed E-state index contributed by atoms with van der Waals surface area (Å²) in [4.78, 5) is 18.9. The summed E-state index contributed by atoms with van der Waals surface area (Å²) in [6.45, 7) is 1.55. The lowest BCUT2D eigenvalue weighted by atomic mass is 9.68. The lowest BCUT2D eigenvalue weighted by Gasteiger charge is -2.37. The molecule has 1 N–H and O–H groups in total. The molecule has 0 atom stereocenters. The monoisotopic (exact) mass is 286 g/mol. The second-order valence-electron chi connectivity index (χ2n) is 5.82. The molecule has 21 heavy (non-hydrogen) atoms. The van der Waals surface area contributed by atoms with E-state index in [4.69, 9.17) is 0 Å². The third-order valence-electron chi connectivity index (χ3n) is 4.52. The van der Waals surface area contributed by atoms with Crippen molar-refractivity contribution >= 4 is 0 Å². The molecular weight excluding hydrogens is 267 g/mol. The molecular formula is C17H19FN2O. The van der Waals surface area contributed by atoms with Crippen LogP contribution in [0.4, 0.5) is 4.39 Å². The Morgan fingerprint density at radius 1 is 1.14 bits per heavy atom. The van der Waals surface area contributed by atoms with Crippen molar-refractivity contribution in [2.45, 2.75) is 44.4 Å². The van der Waals surface area contributed by atoms with Crippen LogP contribution in [-0.4, -0.2) is 9.97 Å². The highest BCUT2D eigenvalue weighted by Crippen LogP contribution is 2.43. The number of benzene rings is 1. The summed E-state index contributed by atoms with van der Waals surface area (Å²) < 4.78 is 13.6. The van der Waals surface area contributed by atoms with Gasteiger partial charge in [0, 0.05) is 0 Å².